The van der Waals surface area contributed by atoms with E-state index in [1.807, 2.05) is 24.3 Å². The third kappa shape index (κ3) is 4.31. The SMILES string of the molecule is O=C(/C=C/c1cnc2c(c1)CCC(=O)N2)CC1CCCc2c(oc3ccccc23)CC1. The van der Waals surface area contributed by atoms with Gasteiger partial charge < -0.3 is 9.73 Å². The maximum atomic E-state index is 12.6. The Morgan fingerprint density at radius 2 is 2.06 bits per heavy atom. The highest BCUT2D eigenvalue weighted by atomic mass is 16.3. The number of hydrogen-bond donors (Lipinski definition) is 1. The molecule has 0 saturated carbocycles. The van der Waals surface area contributed by atoms with Gasteiger partial charge in [0.1, 0.15) is 17.2 Å². The van der Waals surface area contributed by atoms with Gasteiger partial charge in [-0.3, -0.25) is 9.59 Å². The number of aromatic nitrogens is 1. The van der Waals surface area contributed by atoms with E-state index in [-0.39, 0.29) is 11.7 Å². The minimum Gasteiger partial charge on any atom is -0.461 e. The van der Waals surface area contributed by atoms with Crippen molar-refractivity contribution in [1.82, 2.24) is 4.98 Å². The molecular formula is C26H26N2O3. The summed E-state index contributed by atoms with van der Waals surface area (Å²) in [6.45, 7) is 0. The van der Waals surface area contributed by atoms with Crippen LogP contribution in [-0.2, 0) is 28.9 Å². The van der Waals surface area contributed by atoms with Crippen molar-refractivity contribution in [3.05, 3.63) is 65.1 Å². The predicted molar refractivity (Wildman–Crippen MR) is 121 cm³/mol. The Kier molecular flexibility index (Phi) is 5.41. The fourth-order valence-electron chi connectivity index (χ4n) is 4.78. The Labute approximate surface area is 181 Å². The van der Waals surface area contributed by atoms with E-state index in [0.717, 1.165) is 54.6 Å². The van der Waals surface area contributed by atoms with Crippen molar-refractivity contribution in [3.63, 3.8) is 0 Å². The fourth-order valence-corrected chi connectivity index (χ4v) is 4.78. The first-order valence-electron chi connectivity index (χ1n) is 11.1. The van der Waals surface area contributed by atoms with Crippen molar-refractivity contribution in [1.29, 1.82) is 0 Å². The lowest BCUT2D eigenvalue weighted by atomic mass is 9.86. The number of carbonyl (C=O) groups is 2. The Morgan fingerprint density at radius 3 is 3.00 bits per heavy atom. The average molecular weight is 415 g/mol. The van der Waals surface area contributed by atoms with E-state index in [4.69, 9.17) is 4.42 Å². The van der Waals surface area contributed by atoms with E-state index in [1.54, 1.807) is 12.3 Å². The lowest BCUT2D eigenvalue weighted by molar-refractivity contribution is -0.116. The van der Waals surface area contributed by atoms with Gasteiger partial charge in [-0.15, -0.1) is 0 Å². The number of carbonyl (C=O) groups excluding carboxylic acids is 2. The number of benzene rings is 1. The number of anilines is 1. The van der Waals surface area contributed by atoms with Crippen LogP contribution in [0.15, 0.2) is 47.0 Å². The molecule has 1 aromatic carbocycles. The van der Waals surface area contributed by atoms with E-state index in [2.05, 4.69) is 22.4 Å². The van der Waals surface area contributed by atoms with Crippen LogP contribution in [0.2, 0.25) is 0 Å². The molecule has 0 saturated heterocycles. The Bertz CT molecular complexity index is 1170. The Balaban J connectivity index is 1.21. The molecule has 2 aliphatic rings. The molecule has 1 unspecified atom stereocenters. The molecular weight excluding hydrogens is 388 g/mol. The molecule has 0 bridgehead atoms. The van der Waals surface area contributed by atoms with Gasteiger partial charge in [0.25, 0.3) is 0 Å². The maximum Gasteiger partial charge on any atom is 0.225 e. The fraction of sp³-hybridized carbons (Fsp3) is 0.346. The molecule has 3 aromatic rings. The predicted octanol–water partition coefficient (Wildman–Crippen LogP) is 5.27. The van der Waals surface area contributed by atoms with Gasteiger partial charge >= 0.3 is 0 Å². The number of fused-ring (bicyclic) bond motifs is 4. The minimum absolute atomic E-state index is 0.00689. The van der Waals surface area contributed by atoms with E-state index >= 15 is 0 Å². The van der Waals surface area contributed by atoms with Gasteiger partial charge in [0.2, 0.25) is 5.91 Å². The van der Waals surface area contributed by atoms with Crippen LogP contribution in [0.25, 0.3) is 17.0 Å². The topological polar surface area (TPSA) is 72.2 Å². The molecule has 5 rings (SSSR count). The van der Waals surface area contributed by atoms with Gasteiger partial charge in [0.05, 0.1) is 0 Å². The monoisotopic (exact) mass is 414 g/mol. The summed E-state index contributed by atoms with van der Waals surface area (Å²) in [5, 5.41) is 4.03. The van der Waals surface area contributed by atoms with Crippen molar-refractivity contribution < 1.29 is 14.0 Å². The van der Waals surface area contributed by atoms with Crippen molar-refractivity contribution in [2.75, 3.05) is 5.32 Å². The molecule has 5 nitrogen and oxygen atoms in total. The van der Waals surface area contributed by atoms with Crippen molar-refractivity contribution in [3.8, 4) is 0 Å². The number of rotatable bonds is 4. The maximum absolute atomic E-state index is 12.6. The molecule has 3 heterocycles. The smallest absolute Gasteiger partial charge is 0.225 e. The number of nitrogens with one attached hydrogen (secondary N) is 1. The quantitative estimate of drug-likeness (QED) is 0.590. The van der Waals surface area contributed by atoms with Gasteiger partial charge in [-0.1, -0.05) is 18.2 Å². The number of aryl methyl sites for hydroxylation is 3. The summed E-state index contributed by atoms with van der Waals surface area (Å²) < 4.78 is 6.10. The van der Waals surface area contributed by atoms with Crippen molar-refractivity contribution in [2.24, 2.45) is 5.92 Å². The molecule has 1 N–H and O–H groups in total. The second-order valence-corrected chi connectivity index (χ2v) is 8.63. The van der Waals surface area contributed by atoms with Crippen molar-refractivity contribution in [2.45, 2.75) is 51.4 Å². The third-order valence-corrected chi connectivity index (χ3v) is 6.42. The van der Waals surface area contributed by atoms with Crippen LogP contribution < -0.4 is 5.32 Å². The third-order valence-electron chi connectivity index (χ3n) is 6.42. The van der Waals surface area contributed by atoms with Crippen LogP contribution in [0.1, 0.15) is 54.6 Å². The zero-order valence-corrected chi connectivity index (χ0v) is 17.5. The number of para-hydroxylation sites is 1. The Morgan fingerprint density at radius 1 is 1.16 bits per heavy atom. The summed E-state index contributed by atoms with van der Waals surface area (Å²) >= 11 is 0. The molecule has 5 heteroatoms. The van der Waals surface area contributed by atoms with Gasteiger partial charge in [0, 0.05) is 36.4 Å². The summed E-state index contributed by atoms with van der Waals surface area (Å²) in [4.78, 5) is 28.4. The molecule has 0 spiro atoms. The number of amides is 1. The number of hydrogen-bond acceptors (Lipinski definition) is 4. The van der Waals surface area contributed by atoms with Crippen LogP contribution in [0.3, 0.4) is 0 Å². The number of allylic oxidation sites excluding steroid dienone is 1. The molecule has 1 aliphatic carbocycles. The van der Waals surface area contributed by atoms with Crippen molar-refractivity contribution >= 4 is 34.6 Å². The van der Waals surface area contributed by atoms with Gasteiger partial charge in [-0.05, 0) is 73.4 Å². The largest absolute Gasteiger partial charge is 0.461 e. The molecule has 1 aliphatic heterocycles. The zero-order valence-electron chi connectivity index (χ0n) is 17.5. The Hall–Kier alpha value is -3.21. The standard InChI is InChI=1S/C26H26N2O3/c29-20(11-8-18-14-19-10-13-25(30)28-26(19)27-16-18)15-17-4-3-6-22-21-5-1-2-7-23(21)31-24(22)12-9-17/h1-2,5,7-8,11,14,16-17H,3-4,6,9-10,12-13,15H2,(H,27,28,30)/b11-8+. The number of pyridine rings is 1. The average Bonchev–Trinajstić information content (AvgIpc) is 3.11. The highest BCUT2D eigenvalue weighted by Crippen LogP contribution is 2.33. The number of nitrogens with zero attached hydrogens (tertiary/aromatic N) is 1. The van der Waals surface area contributed by atoms with E-state index in [0.29, 0.717) is 31.0 Å². The summed E-state index contributed by atoms with van der Waals surface area (Å²) in [6.07, 6.45) is 12.0. The second-order valence-electron chi connectivity index (χ2n) is 8.63. The summed E-state index contributed by atoms with van der Waals surface area (Å²) in [7, 11) is 0. The highest BCUT2D eigenvalue weighted by molar-refractivity contribution is 5.94. The van der Waals surface area contributed by atoms with Crippen LogP contribution in [-0.4, -0.2) is 16.7 Å². The summed E-state index contributed by atoms with van der Waals surface area (Å²) in [6, 6.07) is 10.3. The number of furan rings is 1. The first-order chi connectivity index (χ1) is 15.2. The van der Waals surface area contributed by atoms with Crippen LogP contribution in [0.4, 0.5) is 5.82 Å². The van der Waals surface area contributed by atoms with E-state index in [9.17, 15) is 9.59 Å². The second kappa shape index (κ2) is 8.50. The minimum atomic E-state index is 0.00689. The van der Waals surface area contributed by atoms with Crippen LogP contribution in [0, 0.1) is 5.92 Å². The normalized spacial score (nSPS) is 18.8. The molecule has 2 aromatic heterocycles. The van der Waals surface area contributed by atoms with Gasteiger partial charge in [-0.25, -0.2) is 4.98 Å². The van der Waals surface area contributed by atoms with Gasteiger partial charge in [0.15, 0.2) is 5.78 Å². The molecule has 1 atom stereocenters. The van der Waals surface area contributed by atoms with Crippen LogP contribution in [0.5, 0.6) is 0 Å². The first-order valence-corrected chi connectivity index (χ1v) is 11.1. The molecule has 0 fully saturated rings. The number of ketones is 1. The first kappa shape index (κ1) is 19.7. The summed E-state index contributed by atoms with van der Waals surface area (Å²) in [5.41, 5.74) is 4.25. The lowest BCUT2D eigenvalue weighted by Crippen LogP contribution is -2.20. The lowest BCUT2D eigenvalue weighted by Gasteiger charge is -2.18. The van der Waals surface area contributed by atoms with Gasteiger partial charge in [-0.2, -0.15) is 0 Å². The molecule has 0 radical (unpaired) electrons. The molecule has 158 valence electrons. The molecule has 31 heavy (non-hydrogen) atoms. The molecule has 1 amide bonds. The van der Waals surface area contributed by atoms with E-state index in [1.165, 1.54) is 10.9 Å². The highest BCUT2D eigenvalue weighted by Gasteiger charge is 2.21. The summed E-state index contributed by atoms with van der Waals surface area (Å²) in [5.74, 6) is 2.28. The zero-order chi connectivity index (χ0) is 21.2. The van der Waals surface area contributed by atoms with E-state index < -0.39 is 0 Å². The van der Waals surface area contributed by atoms with Crippen LogP contribution >= 0.6 is 0 Å².